The molecule has 4 aromatic rings. The lowest BCUT2D eigenvalue weighted by Crippen LogP contribution is -2.48. The first-order valence-corrected chi connectivity index (χ1v) is 24.3. The zero-order valence-corrected chi connectivity index (χ0v) is 39.2. The van der Waals surface area contributed by atoms with Gasteiger partial charge in [-0.15, -0.1) is 0 Å². The van der Waals surface area contributed by atoms with Gasteiger partial charge in [-0.3, -0.25) is 9.05 Å². The van der Waals surface area contributed by atoms with Crippen molar-refractivity contribution in [3.8, 4) is 11.8 Å². The van der Waals surface area contributed by atoms with Crippen molar-refractivity contribution in [1.29, 1.82) is 5.26 Å². The Morgan fingerprint density at radius 1 is 0.968 bits per heavy atom. The number of rotatable bonds is 29. The van der Waals surface area contributed by atoms with E-state index in [0.29, 0.717) is 29.0 Å². The van der Waals surface area contributed by atoms with Gasteiger partial charge in [-0.2, -0.15) is 10.4 Å². The predicted octanol–water partition coefficient (Wildman–Crippen LogP) is 12.3. The number of hydrogen-bond acceptors (Lipinski definition) is 12. The maximum absolute atomic E-state index is 14.8. The molecule has 16 heteroatoms. The lowest BCUT2D eigenvalue weighted by atomic mass is 9.93. The fraction of sp³-hybridized carbons (Fsp3) is 0.596. The summed E-state index contributed by atoms with van der Waals surface area (Å²) >= 11 is 6.49. The number of fused-ring (bicyclic) bond motifs is 1. The van der Waals surface area contributed by atoms with Gasteiger partial charge in [0.15, 0.2) is 11.6 Å². The normalized spacial score (nSPS) is 18.5. The molecule has 1 saturated heterocycles. The van der Waals surface area contributed by atoms with Gasteiger partial charge in [0.2, 0.25) is 0 Å². The number of nitrogens with two attached hydrogens (primary N) is 1. The Morgan fingerprint density at radius 2 is 1.63 bits per heavy atom. The summed E-state index contributed by atoms with van der Waals surface area (Å²) in [6, 6.07) is 16.3. The molecule has 13 nitrogen and oxygen atoms in total. The number of ether oxygens (including phenoxy) is 4. The van der Waals surface area contributed by atoms with Crippen LogP contribution in [-0.4, -0.2) is 58.5 Å². The third-order valence-electron chi connectivity index (χ3n) is 11.4. The van der Waals surface area contributed by atoms with Crippen LogP contribution in [0.25, 0.3) is 5.52 Å². The first-order chi connectivity index (χ1) is 30.3. The number of aromatic nitrogens is 3. The second-order valence-electron chi connectivity index (χ2n) is 17.0. The van der Waals surface area contributed by atoms with Gasteiger partial charge < -0.3 is 29.2 Å². The van der Waals surface area contributed by atoms with Crippen LogP contribution in [0.5, 0.6) is 5.75 Å². The minimum atomic E-state index is -4.51. The molecule has 0 amide bonds. The smallest absolute Gasteiger partial charge is 0.402 e. The zero-order valence-electron chi connectivity index (χ0n) is 37.6. The van der Waals surface area contributed by atoms with Gasteiger partial charge in [0.1, 0.15) is 41.2 Å². The van der Waals surface area contributed by atoms with Crippen LogP contribution in [0.1, 0.15) is 147 Å². The summed E-state index contributed by atoms with van der Waals surface area (Å²) in [5.74, 6) is -1.21. The fourth-order valence-corrected chi connectivity index (χ4v) is 9.34. The second kappa shape index (κ2) is 24.6. The standard InChI is InChI=1S/C47H66ClFN5O8P/c1-6-7-8-9-10-11-12-13-14-15-16-17-18-19-22-38(57-31-36-27-35(30-50)28-37(49)29-36)32-58-63(55,62-42-24-21-20-23-39(42)48)59-33-47(4,56-5)44-43(60-46(2,3)61-44)40-25-26-41-45(51)52-34-53-54(40)41/h20-21,23-29,34,38,43-44H,6-19,22,31-33H2,1-5H3,(H2,51,52,53)/t38-,43+,44+,47-,63?/m1/s1. The summed E-state index contributed by atoms with van der Waals surface area (Å²) in [4.78, 5) is 4.10. The molecule has 5 atom stereocenters. The van der Waals surface area contributed by atoms with Crippen molar-refractivity contribution in [3.63, 3.8) is 0 Å². The third-order valence-corrected chi connectivity index (χ3v) is 13.0. The molecule has 1 unspecified atom stereocenters. The molecule has 1 fully saturated rings. The zero-order chi connectivity index (χ0) is 45.3. The van der Waals surface area contributed by atoms with Gasteiger partial charge >= 0.3 is 7.82 Å². The Bertz CT molecular complexity index is 2120. The summed E-state index contributed by atoms with van der Waals surface area (Å²) in [6.45, 7) is 7.04. The number of phosphoric acid groups is 1. The van der Waals surface area contributed by atoms with E-state index in [1.54, 1.807) is 61.7 Å². The number of nitrogen functional groups attached to an aromatic ring is 1. The van der Waals surface area contributed by atoms with Crippen LogP contribution >= 0.6 is 19.4 Å². The topological polar surface area (TPSA) is 162 Å². The number of benzene rings is 2. The molecule has 0 bridgehead atoms. The SMILES string of the molecule is CCCCCCCCCCCCCCCC[C@H](COP(=O)(OC[C@@](C)(OC)[C@H]1OC(C)(C)O[C@H]1c1ccc2c(N)ncnn12)Oc1ccccc1Cl)OCc1cc(F)cc(C#N)c1. The average Bonchev–Trinajstić information content (AvgIpc) is 3.85. The van der Waals surface area contributed by atoms with Crippen LogP contribution in [0.2, 0.25) is 5.02 Å². The quantitative estimate of drug-likeness (QED) is 0.0406. The van der Waals surface area contributed by atoms with Crippen LogP contribution in [0.15, 0.2) is 60.9 Å². The molecule has 346 valence electrons. The molecule has 0 saturated carbocycles. The van der Waals surface area contributed by atoms with E-state index in [9.17, 15) is 14.2 Å². The molecule has 5 rings (SSSR count). The molecule has 0 radical (unpaired) electrons. The highest BCUT2D eigenvalue weighted by Gasteiger charge is 2.54. The van der Waals surface area contributed by atoms with E-state index in [1.165, 1.54) is 89.8 Å². The summed E-state index contributed by atoms with van der Waals surface area (Å²) in [6.07, 6.45) is 16.9. The van der Waals surface area contributed by atoms with Crippen LogP contribution in [0, 0.1) is 17.1 Å². The van der Waals surface area contributed by atoms with Crippen LogP contribution in [0.4, 0.5) is 10.2 Å². The molecule has 1 aliphatic rings. The molecule has 2 aromatic heterocycles. The van der Waals surface area contributed by atoms with Crippen molar-refractivity contribution in [2.24, 2.45) is 0 Å². The van der Waals surface area contributed by atoms with E-state index in [4.69, 9.17) is 49.9 Å². The van der Waals surface area contributed by atoms with E-state index in [1.807, 2.05) is 12.1 Å². The average molecular weight is 914 g/mol. The van der Waals surface area contributed by atoms with Crippen molar-refractivity contribution >= 4 is 30.8 Å². The molecule has 3 heterocycles. The Morgan fingerprint density at radius 3 is 2.29 bits per heavy atom. The lowest BCUT2D eigenvalue weighted by molar-refractivity contribution is -0.180. The maximum Gasteiger partial charge on any atom is 0.530 e. The number of anilines is 1. The first kappa shape index (κ1) is 50.4. The second-order valence-corrected chi connectivity index (χ2v) is 19.0. The number of halogens is 2. The van der Waals surface area contributed by atoms with Crippen LogP contribution in [-0.2, 0) is 39.2 Å². The van der Waals surface area contributed by atoms with Gasteiger partial charge in [0, 0.05) is 7.11 Å². The van der Waals surface area contributed by atoms with Crippen molar-refractivity contribution in [1.82, 2.24) is 14.6 Å². The number of phosphoric ester groups is 1. The van der Waals surface area contributed by atoms with Crippen molar-refractivity contribution < 1.29 is 41.5 Å². The number of unbranched alkanes of at least 4 members (excludes halogenated alkanes) is 13. The van der Waals surface area contributed by atoms with Gasteiger partial charge in [-0.05, 0) is 75.2 Å². The summed E-state index contributed by atoms with van der Waals surface area (Å²) in [5, 5.41) is 14.0. The molecule has 0 aliphatic carbocycles. The van der Waals surface area contributed by atoms with Crippen LogP contribution < -0.4 is 10.3 Å². The van der Waals surface area contributed by atoms with Gasteiger partial charge in [0.05, 0.1) is 48.3 Å². The number of methoxy groups -OCH3 is 1. The van der Waals surface area contributed by atoms with E-state index >= 15 is 0 Å². The predicted molar refractivity (Wildman–Crippen MR) is 242 cm³/mol. The Balaban J connectivity index is 1.27. The Labute approximate surface area is 377 Å². The van der Waals surface area contributed by atoms with E-state index in [0.717, 1.165) is 25.7 Å². The number of nitriles is 1. The van der Waals surface area contributed by atoms with E-state index < -0.39 is 43.3 Å². The molecule has 2 aromatic carbocycles. The molecule has 2 N–H and O–H groups in total. The van der Waals surface area contributed by atoms with E-state index in [2.05, 4.69) is 17.0 Å². The van der Waals surface area contributed by atoms with Gasteiger partial charge in [0.25, 0.3) is 0 Å². The molecule has 63 heavy (non-hydrogen) atoms. The number of hydrogen-bond donors (Lipinski definition) is 1. The number of nitrogens with zero attached hydrogens (tertiary/aromatic N) is 4. The van der Waals surface area contributed by atoms with E-state index in [-0.39, 0.29) is 36.2 Å². The molecule has 1 aliphatic heterocycles. The van der Waals surface area contributed by atoms with Gasteiger partial charge in [-0.1, -0.05) is 121 Å². The maximum atomic E-state index is 14.8. The Hall–Kier alpha value is -3.64. The Kier molecular flexibility index (Phi) is 19.7. The minimum absolute atomic E-state index is 0.00146. The van der Waals surface area contributed by atoms with Gasteiger partial charge in [-0.25, -0.2) is 18.5 Å². The highest BCUT2D eigenvalue weighted by Crippen LogP contribution is 2.53. The third kappa shape index (κ3) is 15.2. The summed E-state index contributed by atoms with van der Waals surface area (Å²) in [5.41, 5.74) is 6.74. The summed E-state index contributed by atoms with van der Waals surface area (Å²) in [7, 11) is -3.01. The number of para-hydroxylation sites is 1. The largest absolute Gasteiger partial charge is 0.530 e. The lowest BCUT2D eigenvalue weighted by Gasteiger charge is -2.36. The highest BCUT2D eigenvalue weighted by molar-refractivity contribution is 7.49. The fourth-order valence-electron chi connectivity index (χ4n) is 7.77. The monoisotopic (exact) mass is 913 g/mol. The minimum Gasteiger partial charge on any atom is -0.402 e. The van der Waals surface area contributed by atoms with Crippen molar-refractivity contribution in [2.75, 3.05) is 26.1 Å². The van der Waals surface area contributed by atoms with Crippen molar-refractivity contribution in [2.45, 2.75) is 160 Å². The summed E-state index contributed by atoms with van der Waals surface area (Å²) < 4.78 is 74.4. The highest BCUT2D eigenvalue weighted by atomic mass is 35.5. The van der Waals surface area contributed by atoms with Crippen molar-refractivity contribution in [3.05, 3.63) is 88.6 Å². The first-order valence-electron chi connectivity index (χ1n) is 22.4. The molecular weight excluding hydrogens is 848 g/mol. The molecular formula is C47H66ClFN5O8P. The molecule has 0 spiro atoms. The van der Waals surface area contributed by atoms with Crippen LogP contribution in [0.3, 0.4) is 0 Å².